The Kier molecular flexibility index (Phi) is 5.01. The molecule has 1 aliphatic heterocycles. The molecule has 1 saturated heterocycles. The smallest absolute Gasteiger partial charge is 0.252 e. The molecule has 11 heteroatoms. The number of hydrogen-bond acceptors (Lipinski definition) is 7. The molecule has 0 atom stereocenters. The van der Waals surface area contributed by atoms with Crippen molar-refractivity contribution >= 4 is 43.1 Å². The van der Waals surface area contributed by atoms with Crippen LogP contribution in [0.2, 0.25) is 0 Å². The molecule has 3 aromatic rings. The van der Waals surface area contributed by atoms with E-state index >= 15 is 0 Å². The molecule has 1 fully saturated rings. The molecule has 0 spiro atoms. The van der Waals surface area contributed by atoms with E-state index in [-0.39, 0.29) is 0 Å². The molecule has 8 nitrogen and oxygen atoms in total. The number of halogens is 1. The van der Waals surface area contributed by atoms with Crippen molar-refractivity contribution in [2.75, 3.05) is 31.1 Å². The van der Waals surface area contributed by atoms with Gasteiger partial charge in [-0.05, 0) is 53.2 Å². The minimum Gasteiger partial charge on any atom is -0.352 e. The Balaban J connectivity index is 1.43. The van der Waals surface area contributed by atoms with Crippen molar-refractivity contribution in [3.63, 3.8) is 0 Å². The maximum atomic E-state index is 12.7. The van der Waals surface area contributed by atoms with E-state index in [4.69, 9.17) is 0 Å². The molecule has 0 bridgehead atoms. The number of sulfonamides is 1. The quantitative estimate of drug-likeness (QED) is 0.583. The number of anilines is 1. The predicted octanol–water partition coefficient (Wildman–Crippen LogP) is 2.31. The SMILES string of the molecule is Cc1ccn(-c2ccc(N3CCN(S(=O)(=O)c4ccc(Br)s4)CC3)nn2)n1. The van der Waals surface area contributed by atoms with Crippen LogP contribution in [0.1, 0.15) is 5.69 Å². The molecule has 3 aromatic heterocycles. The van der Waals surface area contributed by atoms with E-state index in [2.05, 4.69) is 31.2 Å². The van der Waals surface area contributed by atoms with E-state index in [1.54, 1.807) is 16.8 Å². The second-order valence-corrected chi connectivity index (χ2v) is 10.7. The Labute approximate surface area is 169 Å². The Morgan fingerprint density at radius 3 is 2.26 bits per heavy atom. The molecular formula is C16H17BrN6O2S2. The number of piperazine rings is 1. The first kappa shape index (κ1) is 18.5. The van der Waals surface area contributed by atoms with Crippen LogP contribution in [0.4, 0.5) is 5.82 Å². The molecule has 0 aliphatic carbocycles. The van der Waals surface area contributed by atoms with E-state index in [1.807, 2.05) is 36.2 Å². The molecule has 0 unspecified atom stereocenters. The standard InChI is InChI=1S/C16H17BrN6O2S2/c1-12-6-7-23(20-12)15-4-3-14(18-19-15)21-8-10-22(11-9-21)27(24,25)16-5-2-13(17)26-16/h2-7H,8-11H2,1H3. The molecular weight excluding hydrogens is 452 g/mol. The van der Waals surface area contributed by atoms with Gasteiger partial charge in [0.2, 0.25) is 0 Å². The maximum Gasteiger partial charge on any atom is 0.252 e. The summed E-state index contributed by atoms with van der Waals surface area (Å²) in [6.45, 7) is 3.89. The van der Waals surface area contributed by atoms with Crippen LogP contribution in [0, 0.1) is 6.92 Å². The number of rotatable bonds is 4. The van der Waals surface area contributed by atoms with Gasteiger partial charge in [0.05, 0.1) is 9.48 Å². The van der Waals surface area contributed by atoms with Crippen LogP contribution in [0.15, 0.2) is 44.5 Å². The zero-order chi connectivity index (χ0) is 19.0. The van der Waals surface area contributed by atoms with Crippen molar-refractivity contribution in [3.05, 3.63) is 46.0 Å². The zero-order valence-electron chi connectivity index (χ0n) is 14.5. The van der Waals surface area contributed by atoms with Gasteiger partial charge in [0.25, 0.3) is 10.0 Å². The Bertz CT molecular complexity index is 1040. The van der Waals surface area contributed by atoms with Gasteiger partial charge < -0.3 is 4.90 Å². The summed E-state index contributed by atoms with van der Waals surface area (Å²) in [5.74, 6) is 1.38. The number of aromatic nitrogens is 4. The summed E-state index contributed by atoms with van der Waals surface area (Å²) >= 11 is 4.55. The maximum absolute atomic E-state index is 12.7. The molecule has 0 aromatic carbocycles. The second kappa shape index (κ2) is 7.30. The topological polar surface area (TPSA) is 84.2 Å². The van der Waals surface area contributed by atoms with Crippen molar-refractivity contribution in [1.29, 1.82) is 0 Å². The number of aryl methyl sites for hydroxylation is 1. The first-order chi connectivity index (χ1) is 12.9. The highest BCUT2D eigenvalue weighted by atomic mass is 79.9. The lowest BCUT2D eigenvalue weighted by Gasteiger charge is -2.34. The fourth-order valence-electron chi connectivity index (χ4n) is 2.87. The van der Waals surface area contributed by atoms with E-state index in [1.165, 1.54) is 15.6 Å². The van der Waals surface area contributed by atoms with Gasteiger partial charge in [0, 0.05) is 32.4 Å². The highest BCUT2D eigenvalue weighted by Crippen LogP contribution is 2.29. The van der Waals surface area contributed by atoms with E-state index in [9.17, 15) is 8.42 Å². The zero-order valence-corrected chi connectivity index (χ0v) is 17.7. The average molecular weight is 469 g/mol. The van der Waals surface area contributed by atoms with E-state index in [0.717, 1.165) is 15.3 Å². The molecule has 4 heterocycles. The normalized spacial score (nSPS) is 16.0. The van der Waals surface area contributed by atoms with Crippen LogP contribution in [0.5, 0.6) is 0 Å². The predicted molar refractivity (Wildman–Crippen MR) is 107 cm³/mol. The van der Waals surface area contributed by atoms with Gasteiger partial charge in [-0.25, -0.2) is 13.1 Å². The third kappa shape index (κ3) is 3.77. The molecule has 27 heavy (non-hydrogen) atoms. The molecule has 142 valence electrons. The molecule has 0 radical (unpaired) electrons. The van der Waals surface area contributed by atoms with Gasteiger partial charge in [-0.1, -0.05) is 0 Å². The summed E-state index contributed by atoms with van der Waals surface area (Å²) in [6.07, 6.45) is 1.84. The number of nitrogens with zero attached hydrogens (tertiary/aromatic N) is 6. The van der Waals surface area contributed by atoms with E-state index in [0.29, 0.717) is 36.2 Å². The van der Waals surface area contributed by atoms with Gasteiger partial charge in [0.15, 0.2) is 11.6 Å². The lowest BCUT2D eigenvalue weighted by molar-refractivity contribution is 0.384. The Hall–Kier alpha value is -1.82. The van der Waals surface area contributed by atoms with Crippen molar-refractivity contribution in [3.8, 4) is 5.82 Å². The van der Waals surface area contributed by atoms with Crippen LogP contribution >= 0.6 is 27.3 Å². The first-order valence-corrected chi connectivity index (χ1v) is 11.4. The molecule has 0 saturated carbocycles. The van der Waals surface area contributed by atoms with Crippen molar-refractivity contribution in [1.82, 2.24) is 24.3 Å². The minimum absolute atomic E-state index is 0.362. The summed E-state index contributed by atoms with van der Waals surface area (Å²) in [5, 5.41) is 12.8. The highest BCUT2D eigenvalue weighted by molar-refractivity contribution is 9.11. The third-order valence-corrected chi connectivity index (χ3v) is 8.29. The third-order valence-electron chi connectivity index (χ3n) is 4.30. The van der Waals surface area contributed by atoms with Crippen LogP contribution in [0.3, 0.4) is 0 Å². The Morgan fingerprint density at radius 1 is 1.00 bits per heavy atom. The van der Waals surface area contributed by atoms with Gasteiger partial charge in [-0.15, -0.1) is 21.5 Å². The van der Waals surface area contributed by atoms with Gasteiger partial charge >= 0.3 is 0 Å². The lowest BCUT2D eigenvalue weighted by atomic mass is 10.3. The van der Waals surface area contributed by atoms with Gasteiger partial charge in [-0.2, -0.15) is 9.40 Å². The fourth-order valence-corrected chi connectivity index (χ4v) is 6.46. The summed E-state index contributed by atoms with van der Waals surface area (Å²) in [7, 11) is -3.44. The summed E-state index contributed by atoms with van der Waals surface area (Å²) in [6, 6.07) is 9.05. The van der Waals surface area contributed by atoms with E-state index < -0.39 is 10.0 Å². The van der Waals surface area contributed by atoms with Crippen LogP contribution in [0.25, 0.3) is 5.82 Å². The van der Waals surface area contributed by atoms with Crippen LogP contribution in [-0.2, 0) is 10.0 Å². The largest absolute Gasteiger partial charge is 0.352 e. The molecule has 0 amide bonds. The molecule has 0 N–H and O–H groups in total. The second-order valence-electron chi connectivity index (χ2n) is 6.10. The minimum atomic E-state index is -3.44. The Morgan fingerprint density at radius 2 is 1.70 bits per heavy atom. The highest BCUT2D eigenvalue weighted by Gasteiger charge is 2.30. The van der Waals surface area contributed by atoms with Crippen LogP contribution < -0.4 is 4.90 Å². The van der Waals surface area contributed by atoms with Crippen LogP contribution in [-0.4, -0.2) is 58.9 Å². The summed E-state index contributed by atoms with van der Waals surface area (Å²) < 4.78 is 29.8. The average Bonchev–Trinajstić information content (AvgIpc) is 3.31. The van der Waals surface area contributed by atoms with Gasteiger partial charge in [-0.3, -0.25) is 0 Å². The number of hydrogen-bond donors (Lipinski definition) is 0. The number of thiophene rings is 1. The fraction of sp³-hybridized carbons (Fsp3) is 0.312. The van der Waals surface area contributed by atoms with Crippen molar-refractivity contribution in [2.45, 2.75) is 11.1 Å². The van der Waals surface area contributed by atoms with Gasteiger partial charge in [0.1, 0.15) is 4.21 Å². The summed E-state index contributed by atoms with van der Waals surface area (Å²) in [4.78, 5) is 2.04. The monoisotopic (exact) mass is 468 g/mol. The lowest BCUT2D eigenvalue weighted by Crippen LogP contribution is -2.48. The van der Waals surface area contributed by atoms with Crippen molar-refractivity contribution < 1.29 is 8.42 Å². The van der Waals surface area contributed by atoms with Crippen molar-refractivity contribution in [2.24, 2.45) is 0 Å². The summed E-state index contributed by atoms with van der Waals surface area (Å²) in [5.41, 5.74) is 0.913. The molecule has 1 aliphatic rings. The first-order valence-electron chi connectivity index (χ1n) is 8.30. The molecule has 4 rings (SSSR count).